The lowest BCUT2D eigenvalue weighted by Gasteiger charge is -2.11. The Hall–Kier alpha value is -3.83. The average molecular weight is 457 g/mol. The number of carbonyl (C=O) groups excluding carboxylic acids is 1. The Morgan fingerprint density at radius 3 is 2.67 bits per heavy atom. The number of nitrogens with one attached hydrogen (secondary N) is 1. The molecule has 5 rings (SSSR count). The predicted octanol–water partition coefficient (Wildman–Crippen LogP) is 6.94. The molecule has 33 heavy (non-hydrogen) atoms. The van der Waals surface area contributed by atoms with Gasteiger partial charge >= 0.3 is 0 Å². The van der Waals surface area contributed by atoms with Gasteiger partial charge in [-0.05, 0) is 66.8 Å². The molecule has 4 aromatic carbocycles. The second-order valence-corrected chi connectivity index (χ2v) is 8.28. The van der Waals surface area contributed by atoms with Crippen LogP contribution in [0.3, 0.4) is 0 Å². The van der Waals surface area contributed by atoms with Crippen LogP contribution in [0.25, 0.3) is 33.3 Å². The summed E-state index contributed by atoms with van der Waals surface area (Å²) >= 11 is 6.34. The number of hydrogen-bond acceptors (Lipinski definition) is 4. The van der Waals surface area contributed by atoms with Gasteiger partial charge in [-0.1, -0.05) is 48.0 Å². The van der Waals surface area contributed by atoms with E-state index in [0.717, 1.165) is 27.5 Å². The minimum Gasteiger partial charge on any atom is -0.483 e. The maximum absolute atomic E-state index is 12.4. The minimum absolute atomic E-state index is 0.0802. The number of fused-ring (bicyclic) bond motifs is 2. The summed E-state index contributed by atoms with van der Waals surface area (Å²) in [6.45, 7) is 3.90. The molecule has 1 aromatic heterocycles. The molecule has 0 fully saturated rings. The van der Waals surface area contributed by atoms with Gasteiger partial charge in [-0.15, -0.1) is 0 Å². The zero-order valence-electron chi connectivity index (χ0n) is 18.2. The number of carbonyl (C=O) groups is 1. The van der Waals surface area contributed by atoms with Crippen LogP contribution in [0.1, 0.15) is 11.1 Å². The monoisotopic (exact) mass is 456 g/mol. The SMILES string of the molecule is Cc1cccc(OCC(=O)Nc2ccc3oc(-c4cccc5c(Cl)cccc45)nc3c2)c1C. The van der Waals surface area contributed by atoms with Crippen LogP contribution in [0.2, 0.25) is 5.02 Å². The van der Waals surface area contributed by atoms with Crippen molar-refractivity contribution in [2.24, 2.45) is 0 Å². The molecule has 6 heteroatoms. The summed E-state index contributed by atoms with van der Waals surface area (Å²) in [7, 11) is 0. The second kappa shape index (κ2) is 8.60. The van der Waals surface area contributed by atoms with Crippen molar-refractivity contribution in [1.82, 2.24) is 4.98 Å². The molecule has 1 heterocycles. The fraction of sp³-hybridized carbons (Fsp3) is 0.111. The van der Waals surface area contributed by atoms with Gasteiger partial charge in [-0.3, -0.25) is 4.79 Å². The van der Waals surface area contributed by atoms with E-state index in [4.69, 9.17) is 20.8 Å². The van der Waals surface area contributed by atoms with Crippen molar-refractivity contribution in [2.45, 2.75) is 13.8 Å². The highest BCUT2D eigenvalue weighted by atomic mass is 35.5. The number of halogens is 1. The van der Waals surface area contributed by atoms with Crippen LogP contribution in [0, 0.1) is 13.8 Å². The number of hydrogen-bond donors (Lipinski definition) is 1. The van der Waals surface area contributed by atoms with E-state index in [2.05, 4.69) is 10.3 Å². The Labute approximate surface area is 196 Å². The van der Waals surface area contributed by atoms with Crippen LogP contribution < -0.4 is 10.1 Å². The lowest BCUT2D eigenvalue weighted by atomic mass is 10.0. The number of benzene rings is 4. The third-order valence-electron chi connectivity index (χ3n) is 5.68. The van der Waals surface area contributed by atoms with E-state index in [9.17, 15) is 4.79 Å². The van der Waals surface area contributed by atoms with Crippen molar-refractivity contribution in [3.63, 3.8) is 0 Å². The molecule has 164 valence electrons. The highest BCUT2D eigenvalue weighted by molar-refractivity contribution is 6.35. The summed E-state index contributed by atoms with van der Waals surface area (Å²) in [5, 5.41) is 5.45. The number of oxazole rings is 1. The summed E-state index contributed by atoms with van der Waals surface area (Å²) in [6.07, 6.45) is 0. The molecule has 0 radical (unpaired) electrons. The van der Waals surface area contributed by atoms with Gasteiger partial charge in [0.2, 0.25) is 5.89 Å². The largest absolute Gasteiger partial charge is 0.483 e. The Balaban J connectivity index is 1.36. The van der Waals surface area contributed by atoms with Gasteiger partial charge in [0.05, 0.1) is 0 Å². The maximum atomic E-state index is 12.4. The molecule has 0 aliphatic heterocycles. The van der Waals surface area contributed by atoms with Gasteiger partial charge in [0.25, 0.3) is 5.91 Å². The molecule has 0 spiro atoms. The molecule has 1 N–H and O–H groups in total. The van der Waals surface area contributed by atoms with Gasteiger partial charge in [0, 0.05) is 21.7 Å². The first kappa shape index (κ1) is 21.0. The number of aryl methyl sites for hydroxylation is 1. The van der Waals surface area contributed by atoms with E-state index < -0.39 is 0 Å². The zero-order chi connectivity index (χ0) is 22.9. The number of anilines is 1. The van der Waals surface area contributed by atoms with Crippen LogP contribution in [0.4, 0.5) is 5.69 Å². The first-order chi connectivity index (χ1) is 16.0. The Morgan fingerprint density at radius 2 is 1.79 bits per heavy atom. The van der Waals surface area contributed by atoms with E-state index >= 15 is 0 Å². The fourth-order valence-electron chi connectivity index (χ4n) is 3.80. The van der Waals surface area contributed by atoms with Crippen molar-refractivity contribution in [3.05, 3.63) is 88.9 Å². The van der Waals surface area contributed by atoms with E-state index in [-0.39, 0.29) is 12.5 Å². The molecule has 0 aliphatic rings. The van der Waals surface area contributed by atoms with Gasteiger partial charge in [0.15, 0.2) is 12.2 Å². The Morgan fingerprint density at radius 1 is 1.00 bits per heavy atom. The molecule has 0 aliphatic carbocycles. The van der Waals surface area contributed by atoms with Crippen molar-refractivity contribution in [1.29, 1.82) is 0 Å². The van der Waals surface area contributed by atoms with Crippen LogP contribution in [0.15, 0.2) is 77.2 Å². The van der Waals surface area contributed by atoms with E-state index in [1.807, 2.05) is 68.4 Å². The summed E-state index contributed by atoms with van der Waals surface area (Å²) < 4.78 is 11.7. The van der Waals surface area contributed by atoms with Crippen molar-refractivity contribution >= 4 is 45.1 Å². The average Bonchev–Trinajstić information content (AvgIpc) is 3.23. The normalized spacial score (nSPS) is 11.1. The number of amides is 1. The van der Waals surface area contributed by atoms with Crippen LogP contribution >= 0.6 is 11.6 Å². The lowest BCUT2D eigenvalue weighted by Crippen LogP contribution is -2.20. The Kier molecular flexibility index (Phi) is 5.48. The standard InChI is InChI=1S/C27H21ClN2O3/c1-16-6-3-11-24(17(16)2)32-15-26(31)29-18-12-13-25-23(14-18)30-27(33-25)21-9-4-8-20-19(21)7-5-10-22(20)28/h3-14H,15H2,1-2H3,(H,29,31). The summed E-state index contributed by atoms with van der Waals surface area (Å²) in [4.78, 5) is 17.1. The molecular formula is C27H21ClN2O3. The topological polar surface area (TPSA) is 64.4 Å². The van der Waals surface area contributed by atoms with Gasteiger partial charge in [-0.25, -0.2) is 4.98 Å². The summed E-state index contributed by atoms with van der Waals surface area (Å²) in [5.74, 6) is 0.958. The summed E-state index contributed by atoms with van der Waals surface area (Å²) in [6, 6.07) is 22.8. The number of rotatable bonds is 5. The lowest BCUT2D eigenvalue weighted by molar-refractivity contribution is -0.118. The quantitative estimate of drug-likeness (QED) is 0.311. The van der Waals surface area contributed by atoms with Gasteiger partial charge in [0.1, 0.15) is 11.3 Å². The highest BCUT2D eigenvalue weighted by Crippen LogP contribution is 2.34. The van der Waals surface area contributed by atoms with Crippen LogP contribution in [-0.4, -0.2) is 17.5 Å². The Bertz CT molecular complexity index is 1510. The molecule has 0 unspecified atom stereocenters. The third-order valence-corrected chi connectivity index (χ3v) is 6.01. The first-order valence-electron chi connectivity index (χ1n) is 10.6. The minimum atomic E-state index is -0.248. The van der Waals surface area contributed by atoms with E-state index in [0.29, 0.717) is 33.4 Å². The predicted molar refractivity (Wildman–Crippen MR) is 132 cm³/mol. The van der Waals surface area contributed by atoms with Gasteiger partial charge in [-0.2, -0.15) is 0 Å². The molecule has 1 amide bonds. The van der Waals surface area contributed by atoms with Crippen molar-refractivity contribution < 1.29 is 13.9 Å². The molecule has 5 aromatic rings. The molecule has 0 bridgehead atoms. The molecule has 0 saturated heterocycles. The molecular weight excluding hydrogens is 436 g/mol. The number of nitrogens with zero attached hydrogens (tertiary/aromatic N) is 1. The van der Waals surface area contributed by atoms with Crippen molar-refractivity contribution in [3.8, 4) is 17.2 Å². The van der Waals surface area contributed by atoms with Crippen molar-refractivity contribution in [2.75, 3.05) is 11.9 Å². The highest BCUT2D eigenvalue weighted by Gasteiger charge is 2.14. The maximum Gasteiger partial charge on any atom is 0.262 e. The zero-order valence-corrected chi connectivity index (χ0v) is 18.9. The number of ether oxygens (including phenoxy) is 1. The van der Waals surface area contributed by atoms with Crippen LogP contribution in [-0.2, 0) is 4.79 Å². The molecule has 5 nitrogen and oxygen atoms in total. The van der Waals surface area contributed by atoms with E-state index in [1.54, 1.807) is 18.2 Å². The smallest absolute Gasteiger partial charge is 0.262 e. The molecule has 0 atom stereocenters. The second-order valence-electron chi connectivity index (χ2n) is 7.88. The van der Waals surface area contributed by atoms with Crippen LogP contribution in [0.5, 0.6) is 5.75 Å². The molecule has 0 saturated carbocycles. The summed E-state index contributed by atoms with van der Waals surface area (Å²) in [5.41, 5.74) is 4.91. The third kappa shape index (κ3) is 4.15. The van der Waals surface area contributed by atoms with E-state index in [1.165, 1.54) is 0 Å². The first-order valence-corrected chi connectivity index (χ1v) is 10.9. The fourth-order valence-corrected chi connectivity index (χ4v) is 4.04. The van der Waals surface area contributed by atoms with Gasteiger partial charge < -0.3 is 14.5 Å². The number of aromatic nitrogens is 1.